The lowest BCUT2D eigenvalue weighted by Crippen LogP contribution is -2.03. The highest BCUT2D eigenvalue weighted by molar-refractivity contribution is 7.98. The molecule has 2 N–H and O–H groups in total. The topological polar surface area (TPSA) is 95.4 Å². The summed E-state index contributed by atoms with van der Waals surface area (Å²) in [5.41, 5.74) is 8.50. The Balaban J connectivity index is 1.41. The third-order valence-electron chi connectivity index (χ3n) is 4.73. The molecule has 1 aliphatic carbocycles. The summed E-state index contributed by atoms with van der Waals surface area (Å²) < 4.78 is 1.67. The first-order valence-corrected chi connectivity index (χ1v) is 11.1. The van der Waals surface area contributed by atoms with Crippen molar-refractivity contribution in [3.63, 3.8) is 0 Å². The molecule has 7 nitrogen and oxygen atoms in total. The van der Waals surface area contributed by atoms with Crippen molar-refractivity contribution in [1.29, 1.82) is 0 Å². The zero-order valence-corrected chi connectivity index (χ0v) is 17.2. The fourth-order valence-electron chi connectivity index (χ4n) is 3.44. The number of nitrogen functional groups attached to an aromatic ring is 1. The van der Waals surface area contributed by atoms with Crippen LogP contribution < -0.4 is 5.73 Å². The number of fused-ring (bicyclic) bond motifs is 3. The number of thioether (sulfide) groups is 1. The highest BCUT2D eigenvalue weighted by atomic mass is 35.5. The molecular weight excluding hydrogens is 414 g/mol. The van der Waals surface area contributed by atoms with Crippen LogP contribution in [0.5, 0.6) is 0 Å². The maximum absolute atomic E-state index is 6.30. The van der Waals surface area contributed by atoms with Gasteiger partial charge in [0.15, 0.2) is 0 Å². The Morgan fingerprint density at radius 3 is 2.82 bits per heavy atom. The van der Waals surface area contributed by atoms with Crippen molar-refractivity contribution < 1.29 is 0 Å². The average molecular weight is 430 g/mol. The Morgan fingerprint density at radius 2 is 1.96 bits per heavy atom. The second-order valence-electron chi connectivity index (χ2n) is 6.55. The molecule has 0 radical (unpaired) electrons. The SMILES string of the molecule is Nc1nc(CSc2nnnn2-c2ccc(Cl)cc2)nc2sc3c(c12)CCCC3. The van der Waals surface area contributed by atoms with Crippen molar-refractivity contribution in [2.75, 3.05) is 5.73 Å². The minimum atomic E-state index is 0.538. The van der Waals surface area contributed by atoms with Crippen molar-refractivity contribution in [2.24, 2.45) is 0 Å². The largest absolute Gasteiger partial charge is 0.383 e. The minimum absolute atomic E-state index is 0.538. The molecule has 5 rings (SSSR count). The van der Waals surface area contributed by atoms with Crippen LogP contribution in [-0.2, 0) is 18.6 Å². The normalized spacial score (nSPS) is 13.8. The van der Waals surface area contributed by atoms with E-state index in [2.05, 4.69) is 20.5 Å². The predicted molar refractivity (Wildman–Crippen MR) is 112 cm³/mol. The van der Waals surface area contributed by atoms with Crippen molar-refractivity contribution in [3.05, 3.63) is 45.6 Å². The van der Waals surface area contributed by atoms with Gasteiger partial charge in [-0.25, -0.2) is 9.97 Å². The van der Waals surface area contributed by atoms with E-state index in [-0.39, 0.29) is 0 Å². The van der Waals surface area contributed by atoms with Crippen LogP contribution in [0.4, 0.5) is 5.82 Å². The highest BCUT2D eigenvalue weighted by Gasteiger charge is 2.20. The van der Waals surface area contributed by atoms with Gasteiger partial charge in [-0.3, -0.25) is 0 Å². The molecule has 0 saturated heterocycles. The number of nitrogens with two attached hydrogens (primary N) is 1. The van der Waals surface area contributed by atoms with Gasteiger partial charge in [0.2, 0.25) is 5.16 Å². The lowest BCUT2D eigenvalue weighted by atomic mass is 9.97. The predicted octanol–water partition coefficient (Wildman–Crippen LogP) is 4.07. The number of nitrogens with zero attached hydrogens (tertiary/aromatic N) is 6. The van der Waals surface area contributed by atoms with E-state index in [0.717, 1.165) is 28.7 Å². The summed E-state index contributed by atoms with van der Waals surface area (Å²) in [6.07, 6.45) is 4.65. The summed E-state index contributed by atoms with van der Waals surface area (Å²) in [7, 11) is 0. The fraction of sp³-hybridized carbons (Fsp3) is 0.278. The van der Waals surface area contributed by atoms with E-state index in [4.69, 9.17) is 22.3 Å². The molecule has 28 heavy (non-hydrogen) atoms. The molecule has 1 aromatic carbocycles. The van der Waals surface area contributed by atoms with E-state index in [9.17, 15) is 0 Å². The zero-order chi connectivity index (χ0) is 19.1. The van der Waals surface area contributed by atoms with Gasteiger partial charge >= 0.3 is 0 Å². The first kappa shape index (κ1) is 17.8. The second kappa shape index (κ2) is 7.31. The molecule has 4 aromatic rings. The highest BCUT2D eigenvalue weighted by Crippen LogP contribution is 2.38. The molecule has 0 fully saturated rings. The lowest BCUT2D eigenvalue weighted by molar-refractivity contribution is 0.700. The van der Waals surface area contributed by atoms with E-state index < -0.39 is 0 Å². The van der Waals surface area contributed by atoms with Crippen LogP contribution in [0.1, 0.15) is 29.1 Å². The first-order chi connectivity index (χ1) is 13.7. The molecule has 0 unspecified atom stereocenters. The van der Waals surface area contributed by atoms with E-state index >= 15 is 0 Å². The number of hydrogen-bond donors (Lipinski definition) is 1. The van der Waals surface area contributed by atoms with E-state index in [1.165, 1.54) is 35.0 Å². The zero-order valence-electron chi connectivity index (χ0n) is 14.8. The Kier molecular flexibility index (Phi) is 4.65. The molecule has 142 valence electrons. The molecule has 0 atom stereocenters. The Hall–Kier alpha value is -2.23. The van der Waals surface area contributed by atoms with Crippen LogP contribution in [0, 0.1) is 0 Å². The molecule has 10 heteroatoms. The van der Waals surface area contributed by atoms with Gasteiger partial charge in [-0.15, -0.1) is 16.4 Å². The van der Waals surface area contributed by atoms with Crippen LogP contribution in [-0.4, -0.2) is 30.2 Å². The summed E-state index contributed by atoms with van der Waals surface area (Å²) in [5, 5.41) is 14.4. The Labute approximate surface area is 174 Å². The van der Waals surface area contributed by atoms with Gasteiger partial charge in [-0.05, 0) is 65.9 Å². The van der Waals surface area contributed by atoms with E-state index in [0.29, 0.717) is 27.6 Å². The van der Waals surface area contributed by atoms with Gasteiger partial charge in [0, 0.05) is 9.90 Å². The number of tetrazole rings is 1. The van der Waals surface area contributed by atoms with Gasteiger partial charge in [0.25, 0.3) is 0 Å². The summed E-state index contributed by atoms with van der Waals surface area (Å²) in [6.45, 7) is 0. The fourth-order valence-corrected chi connectivity index (χ4v) is 5.60. The van der Waals surface area contributed by atoms with Gasteiger partial charge in [-0.1, -0.05) is 23.4 Å². The van der Waals surface area contributed by atoms with Crippen LogP contribution in [0.3, 0.4) is 0 Å². The minimum Gasteiger partial charge on any atom is -0.383 e. The van der Waals surface area contributed by atoms with Gasteiger partial charge < -0.3 is 5.73 Å². The first-order valence-electron chi connectivity index (χ1n) is 8.93. The Bertz CT molecular complexity index is 1150. The third-order valence-corrected chi connectivity index (χ3v) is 7.08. The van der Waals surface area contributed by atoms with Gasteiger partial charge in [0.1, 0.15) is 16.5 Å². The maximum Gasteiger partial charge on any atom is 0.214 e. The number of benzene rings is 1. The van der Waals surface area contributed by atoms with Crippen LogP contribution in [0.15, 0.2) is 29.4 Å². The molecule has 0 saturated carbocycles. The number of thiophene rings is 1. The molecular formula is C18H16ClN7S2. The standard InChI is InChI=1S/C18H16ClN7S2/c19-10-5-7-11(8-6-10)26-18(23-24-25-26)27-9-14-21-16(20)15-12-3-1-2-4-13(12)28-17(15)22-14/h5-8H,1-4,9H2,(H2,20,21,22). The smallest absolute Gasteiger partial charge is 0.214 e. The van der Waals surface area contributed by atoms with Crippen LogP contribution >= 0.6 is 34.7 Å². The lowest BCUT2D eigenvalue weighted by Gasteiger charge is -2.10. The Morgan fingerprint density at radius 1 is 1.14 bits per heavy atom. The summed E-state index contributed by atoms with van der Waals surface area (Å²) in [5.74, 6) is 1.81. The summed E-state index contributed by atoms with van der Waals surface area (Å²) in [6, 6.07) is 7.37. The monoisotopic (exact) mass is 429 g/mol. The van der Waals surface area contributed by atoms with E-state index in [1.807, 2.05) is 24.3 Å². The van der Waals surface area contributed by atoms with Crippen LogP contribution in [0.25, 0.3) is 15.9 Å². The molecule has 0 bridgehead atoms. The molecule has 0 aliphatic heterocycles. The number of anilines is 1. The number of hydrogen-bond acceptors (Lipinski definition) is 8. The second-order valence-corrected chi connectivity index (χ2v) is 9.02. The maximum atomic E-state index is 6.30. The number of aryl methyl sites for hydroxylation is 2. The van der Waals surface area contributed by atoms with Crippen molar-refractivity contribution in [3.8, 4) is 5.69 Å². The molecule has 3 aromatic heterocycles. The van der Waals surface area contributed by atoms with E-state index in [1.54, 1.807) is 16.0 Å². The van der Waals surface area contributed by atoms with Gasteiger partial charge in [0.05, 0.1) is 16.8 Å². The van der Waals surface area contributed by atoms with Gasteiger partial charge in [-0.2, -0.15) is 4.68 Å². The summed E-state index contributed by atoms with van der Waals surface area (Å²) in [4.78, 5) is 11.7. The quantitative estimate of drug-likeness (QED) is 0.488. The number of aromatic nitrogens is 6. The average Bonchev–Trinajstić information content (AvgIpc) is 3.31. The van der Waals surface area contributed by atoms with Crippen LogP contribution in [0.2, 0.25) is 5.02 Å². The third kappa shape index (κ3) is 3.23. The van der Waals surface area contributed by atoms with Crippen molar-refractivity contribution in [1.82, 2.24) is 30.2 Å². The molecule has 0 spiro atoms. The number of halogens is 1. The van der Waals surface area contributed by atoms with Crippen molar-refractivity contribution in [2.45, 2.75) is 36.6 Å². The van der Waals surface area contributed by atoms with Crippen molar-refractivity contribution >= 4 is 50.7 Å². The molecule has 0 amide bonds. The molecule has 1 aliphatic rings. The number of rotatable bonds is 4. The summed E-state index contributed by atoms with van der Waals surface area (Å²) >= 11 is 9.19. The molecule has 3 heterocycles.